The summed E-state index contributed by atoms with van der Waals surface area (Å²) >= 11 is 0. The molecular weight excluding hydrogens is 316 g/mol. The minimum absolute atomic E-state index is 0.680. The van der Waals surface area contributed by atoms with Gasteiger partial charge in [-0.1, -0.05) is 30.4 Å². The summed E-state index contributed by atoms with van der Waals surface area (Å²) in [5.74, 6) is 2.27. The van der Waals surface area contributed by atoms with Crippen LogP contribution in [0.25, 0.3) is 17.4 Å². The Kier molecular flexibility index (Phi) is 5.36. The van der Waals surface area contributed by atoms with Crippen molar-refractivity contribution in [1.29, 1.82) is 0 Å². The summed E-state index contributed by atoms with van der Waals surface area (Å²) in [5.41, 5.74) is 2.88. The van der Waals surface area contributed by atoms with E-state index < -0.39 is 0 Å². The van der Waals surface area contributed by atoms with Gasteiger partial charge in [-0.3, -0.25) is 0 Å². The number of anilines is 1. The van der Waals surface area contributed by atoms with Gasteiger partial charge >= 0.3 is 0 Å². The number of oxazole rings is 1. The van der Waals surface area contributed by atoms with E-state index in [0.717, 1.165) is 28.3 Å². The molecule has 0 atom stereocenters. The minimum Gasteiger partial charge on any atom is -0.496 e. The molecule has 0 spiro atoms. The topological polar surface area (TPSA) is 56.5 Å². The first-order valence-corrected chi connectivity index (χ1v) is 7.92. The lowest BCUT2D eigenvalue weighted by Gasteiger charge is -2.10. The van der Waals surface area contributed by atoms with Gasteiger partial charge in [-0.05, 0) is 18.2 Å². The van der Waals surface area contributed by atoms with E-state index in [1.54, 1.807) is 20.4 Å². The molecule has 0 fully saturated rings. The Balaban J connectivity index is 1.66. The summed E-state index contributed by atoms with van der Waals surface area (Å²) in [6.45, 7) is 0.683. The minimum atomic E-state index is 0.680. The Hall–Kier alpha value is -3.21. The lowest BCUT2D eigenvalue weighted by Crippen LogP contribution is -1.99. The molecule has 0 unspecified atom stereocenters. The fourth-order valence-electron chi connectivity index (χ4n) is 2.52. The van der Waals surface area contributed by atoms with Crippen LogP contribution in [0.15, 0.2) is 65.5 Å². The highest BCUT2D eigenvalue weighted by atomic mass is 16.5. The number of benzene rings is 2. The van der Waals surface area contributed by atoms with Crippen LogP contribution in [0.2, 0.25) is 0 Å². The van der Waals surface area contributed by atoms with Gasteiger partial charge in [0.05, 0.1) is 26.0 Å². The quantitative estimate of drug-likeness (QED) is 0.689. The summed E-state index contributed by atoms with van der Waals surface area (Å²) in [6.07, 6.45) is 7.16. The molecule has 1 heterocycles. The summed E-state index contributed by atoms with van der Waals surface area (Å²) in [6, 6.07) is 13.8. The first-order chi connectivity index (χ1) is 12.3. The summed E-state index contributed by atoms with van der Waals surface area (Å²) in [4.78, 5) is 3.94. The largest absolute Gasteiger partial charge is 0.496 e. The SMILES string of the molecule is COc1ccccc1/C=C/CNc1ccc(-c2cnco2)c(OC)c1. The van der Waals surface area contributed by atoms with Crippen molar-refractivity contribution in [3.63, 3.8) is 0 Å². The lowest BCUT2D eigenvalue weighted by molar-refractivity contribution is 0.414. The zero-order chi connectivity index (χ0) is 17.5. The van der Waals surface area contributed by atoms with Crippen LogP contribution in [0.5, 0.6) is 11.5 Å². The summed E-state index contributed by atoms with van der Waals surface area (Å²) in [5, 5.41) is 3.35. The number of ether oxygens (including phenoxy) is 2. The molecule has 25 heavy (non-hydrogen) atoms. The highest BCUT2D eigenvalue weighted by molar-refractivity contribution is 5.69. The van der Waals surface area contributed by atoms with Gasteiger partial charge in [-0.2, -0.15) is 0 Å². The monoisotopic (exact) mass is 336 g/mol. The molecule has 2 aromatic carbocycles. The van der Waals surface area contributed by atoms with Gasteiger partial charge in [0.15, 0.2) is 12.2 Å². The third-order valence-corrected chi connectivity index (χ3v) is 3.76. The number of hydrogen-bond donors (Lipinski definition) is 1. The van der Waals surface area contributed by atoms with Gasteiger partial charge < -0.3 is 19.2 Å². The number of hydrogen-bond acceptors (Lipinski definition) is 5. The van der Waals surface area contributed by atoms with Crippen molar-refractivity contribution in [2.45, 2.75) is 0 Å². The van der Waals surface area contributed by atoms with Crippen LogP contribution in [0, 0.1) is 0 Å². The van der Waals surface area contributed by atoms with E-state index in [0.29, 0.717) is 12.3 Å². The number of rotatable bonds is 7. The van der Waals surface area contributed by atoms with Gasteiger partial charge in [0.1, 0.15) is 11.5 Å². The van der Waals surface area contributed by atoms with Crippen molar-refractivity contribution in [3.8, 4) is 22.8 Å². The molecule has 0 bridgehead atoms. The van der Waals surface area contributed by atoms with E-state index in [9.17, 15) is 0 Å². The van der Waals surface area contributed by atoms with E-state index in [1.165, 1.54) is 6.39 Å². The van der Waals surface area contributed by atoms with Crippen LogP contribution in [0.3, 0.4) is 0 Å². The number of methoxy groups -OCH3 is 2. The number of nitrogens with zero attached hydrogens (tertiary/aromatic N) is 1. The van der Waals surface area contributed by atoms with Crippen molar-refractivity contribution in [3.05, 3.63) is 66.7 Å². The summed E-state index contributed by atoms with van der Waals surface area (Å²) < 4.78 is 16.1. The zero-order valence-electron chi connectivity index (χ0n) is 14.2. The average Bonchev–Trinajstić information content (AvgIpc) is 3.20. The molecule has 0 saturated heterocycles. The van der Waals surface area contributed by atoms with Gasteiger partial charge in [-0.25, -0.2) is 4.98 Å². The molecule has 0 saturated carbocycles. The van der Waals surface area contributed by atoms with Gasteiger partial charge in [0.2, 0.25) is 0 Å². The fourth-order valence-corrected chi connectivity index (χ4v) is 2.52. The molecule has 3 aromatic rings. The van der Waals surface area contributed by atoms with Crippen LogP contribution in [-0.4, -0.2) is 25.7 Å². The van der Waals surface area contributed by atoms with Crippen molar-refractivity contribution >= 4 is 11.8 Å². The third kappa shape index (κ3) is 4.01. The normalized spacial score (nSPS) is 10.8. The van der Waals surface area contributed by atoms with Crippen molar-refractivity contribution < 1.29 is 13.9 Å². The first kappa shape index (κ1) is 16.6. The molecule has 0 aliphatic heterocycles. The Morgan fingerprint density at radius 3 is 2.68 bits per heavy atom. The molecule has 3 rings (SSSR count). The molecule has 0 aliphatic rings. The summed E-state index contributed by atoms with van der Waals surface area (Å²) in [7, 11) is 3.31. The molecule has 1 aromatic heterocycles. The maximum atomic E-state index is 5.45. The molecule has 5 heteroatoms. The fraction of sp³-hybridized carbons (Fsp3) is 0.150. The molecule has 0 radical (unpaired) electrons. The third-order valence-electron chi connectivity index (χ3n) is 3.76. The molecule has 0 amide bonds. The Bertz CT molecular complexity index is 842. The van der Waals surface area contributed by atoms with Gasteiger partial charge in [-0.15, -0.1) is 0 Å². The van der Waals surface area contributed by atoms with Gasteiger partial charge in [0, 0.05) is 23.9 Å². The zero-order valence-corrected chi connectivity index (χ0v) is 14.2. The number of para-hydroxylation sites is 1. The van der Waals surface area contributed by atoms with Crippen LogP contribution in [-0.2, 0) is 0 Å². The van der Waals surface area contributed by atoms with E-state index in [-0.39, 0.29) is 0 Å². The second-order valence-electron chi connectivity index (χ2n) is 5.31. The van der Waals surface area contributed by atoms with Crippen LogP contribution in [0.4, 0.5) is 5.69 Å². The molecular formula is C20H20N2O3. The predicted octanol–water partition coefficient (Wildman–Crippen LogP) is 4.48. The van der Waals surface area contributed by atoms with E-state index in [4.69, 9.17) is 13.9 Å². The highest BCUT2D eigenvalue weighted by Gasteiger charge is 2.09. The average molecular weight is 336 g/mol. The standard InChI is InChI=1S/C20H20N2O3/c1-23-18-8-4-3-6-15(18)7-5-11-22-16-9-10-17(19(12-16)24-2)20-13-21-14-25-20/h3-10,12-14,22H,11H2,1-2H3/b7-5+. The number of nitrogens with one attached hydrogen (secondary N) is 1. The predicted molar refractivity (Wildman–Crippen MR) is 99.0 cm³/mol. The Morgan fingerprint density at radius 2 is 1.92 bits per heavy atom. The van der Waals surface area contributed by atoms with Crippen LogP contribution in [0.1, 0.15) is 5.56 Å². The molecule has 5 nitrogen and oxygen atoms in total. The second-order valence-corrected chi connectivity index (χ2v) is 5.31. The van der Waals surface area contributed by atoms with Crippen molar-refractivity contribution in [2.75, 3.05) is 26.1 Å². The van der Waals surface area contributed by atoms with Crippen LogP contribution < -0.4 is 14.8 Å². The second kappa shape index (κ2) is 8.06. The first-order valence-electron chi connectivity index (χ1n) is 7.92. The smallest absolute Gasteiger partial charge is 0.181 e. The molecule has 128 valence electrons. The van der Waals surface area contributed by atoms with Gasteiger partial charge in [0.25, 0.3) is 0 Å². The molecule has 0 aliphatic carbocycles. The molecule has 1 N–H and O–H groups in total. The van der Waals surface area contributed by atoms with E-state index in [2.05, 4.69) is 16.4 Å². The maximum absolute atomic E-state index is 5.45. The maximum Gasteiger partial charge on any atom is 0.181 e. The Morgan fingerprint density at radius 1 is 1.08 bits per heavy atom. The van der Waals surface area contributed by atoms with Crippen LogP contribution >= 0.6 is 0 Å². The van der Waals surface area contributed by atoms with E-state index in [1.807, 2.05) is 48.5 Å². The van der Waals surface area contributed by atoms with E-state index >= 15 is 0 Å². The highest BCUT2D eigenvalue weighted by Crippen LogP contribution is 2.32. The van der Waals surface area contributed by atoms with Crippen molar-refractivity contribution in [1.82, 2.24) is 4.98 Å². The lowest BCUT2D eigenvalue weighted by atomic mass is 10.1. The Labute approximate surface area is 146 Å². The van der Waals surface area contributed by atoms with Crippen molar-refractivity contribution in [2.24, 2.45) is 0 Å². The number of aromatic nitrogens is 1.